The SMILES string of the molecule is CCOC(C)OC(Cc1ccccc1)C1CCC(c2cccs2)(N(C)C)CC1. The minimum atomic E-state index is -0.156. The first-order valence-electron chi connectivity index (χ1n) is 10.6. The molecule has 0 radical (unpaired) electrons. The summed E-state index contributed by atoms with van der Waals surface area (Å²) in [5.74, 6) is 0.566. The average Bonchev–Trinajstić information content (AvgIpc) is 3.24. The normalized spacial score (nSPS) is 25.0. The molecule has 1 heterocycles. The zero-order chi connectivity index (χ0) is 20.0. The van der Waals surface area contributed by atoms with Crippen molar-refractivity contribution in [3.63, 3.8) is 0 Å². The fraction of sp³-hybridized carbons (Fsp3) is 0.583. The lowest BCUT2D eigenvalue weighted by Crippen LogP contribution is -2.46. The predicted octanol–water partition coefficient (Wildman–Crippen LogP) is 5.71. The van der Waals surface area contributed by atoms with Crippen LogP contribution in [0.4, 0.5) is 0 Å². The Morgan fingerprint density at radius 2 is 1.82 bits per heavy atom. The second kappa shape index (κ2) is 10.0. The Kier molecular flexibility index (Phi) is 7.69. The molecule has 0 bridgehead atoms. The molecule has 0 N–H and O–H groups in total. The number of ether oxygens (including phenoxy) is 2. The predicted molar refractivity (Wildman–Crippen MR) is 118 cm³/mol. The molecule has 1 aromatic carbocycles. The van der Waals surface area contributed by atoms with Crippen LogP contribution in [0.3, 0.4) is 0 Å². The lowest BCUT2D eigenvalue weighted by atomic mass is 9.72. The van der Waals surface area contributed by atoms with E-state index in [9.17, 15) is 0 Å². The molecule has 28 heavy (non-hydrogen) atoms. The zero-order valence-corrected chi connectivity index (χ0v) is 18.6. The second-order valence-corrected chi connectivity index (χ2v) is 9.08. The number of benzene rings is 1. The van der Waals surface area contributed by atoms with Gasteiger partial charge in [-0.15, -0.1) is 11.3 Å². The highest BCUT2D eigenvalue weighted by Crippen LogP contribution is 2.46. The summed E-state index contributed by atoms with van der Waals surface area (Å²) in [6.45, 7) is 4.74. The molecule has 154 valence electrons. The van der Waals surface area contributed by atoms with Gasteiger partial charge in [0, 0.05) is 11.5 Å². The van der Waals surface area contributed by atoms with Crippen LogP contribution in [0.25, 0.3) is 0 Å². The summed E-state index contributed by atoms with van der Waals surface area (Å²) in [5.41, 5.74) is 1.52. The molecule has 4 heteroatoms. The van der Waals surface area contributed by atoms with Gasteiger partial charge in [0.1, 0.15) is 0 Å². The maximum absolute atomic E-state index is 6.42. The van der Waals surface area contributed by atoms with Crippen molar-refractivity contribution in [2.45, 2.75) is 63.9 Å². The fourth-order valence-corrected chi connectivity index (χ4v) is 5.71. The first-order chi connectivity index (χ1) is 13.5. The van der Waals surface area contributed by atoms with Crippen LogP contribution < -0.4 is 0 Å². The van der Waals surface area contributed by atoms with Gasteiger partial charge in [-0.2, -0.15) is 0 Å². The molecule has 0 amide bonds. The van der Waals surface area contributed by atoms with Crippen molar-refractivity contribution >= 4 is 11.3 Å². The highest BCUT2D eigenvalue weighted by atomic mass is 32.1. The summed E-state index contributed by atoms with van der Waals surface area (Å²) in [7, 11) is 4.46. The maximum Gasteiger partial charge on any atom is 0.155 e. The lowest BCUT2D eigenvalue weighted by Gasteiger charge is -2.46. The highest BCUT2D eigenvalue weighted by molar-refractivity contribution is 7.10. The number of hydrogen-bond donors (Lipinski definition) is 0. The molecule has 1 saturated carbocycles. The molecule has 3 nitrogen and oxygen atoms in total. The van der Waals surface area contributed by atoms with Gasteiger partial charge in [-0.1, -0.05) is 36.4 Å². The molecule has 0 saturated heterocycles. The summed E-state index contributed by atoms with van der Waals surface area (Å²) in [4.78, 5) is 3.93. The van der Waals surface area contributed by atoms with E-state index >= 15 is 0 Å². The van der Waals surface area contributed by atoms with Gasteiger partial charge in [0.05, 0.1) is 11.6 Å². The van der Waals surface area contributed by atoms with Gasteiger partial charge in [-0.3, -0.25) is 4.90 Å². The Hall–Kier alpha value is -1.20. The van der Waals surface area contributed by atoms with Crippen molar-refractivity contribution in [3.05, 3.63) is 58.3 Å². The van der Waals surface area contributed by atoms with E-state index in [4.69, 9.17) is 9.47 Å². The highest BCUT2D eigenvalue weighted by Gasteiger charge is 2.41. The summed E-state index contributed by atoms with van der Waals surface area (Å²) in [6.07, 6.45) is 5.74. The molecule has 2 aromatic rings. The van der Waals surface area contributed by atoms with Crippen LogP contribution in [-0.2, 0) is 21.4 Å². The van der Waals surface area contributed by atoms with Crippen molar-refractivity contribution in [2.75, 3.05) is 20.7 Å². The first-order valence-corrected chi connectivity index (χ1v) is 11.5. The van der Waals surface area contributed by atoms with Gasteiger partial charge < -0.3 is 9.47 Å². The van der Waals surface area contributed by atoms with Crippen molar-refractivity contribution in [1.82, 2.24) is 4.90 Å². The van der Waals surface area contributed by atoms with Crippen molar-refractivity contribution < 1.29 is 9.47 Å². The van der Waals surface area contributed by atoms with E-state index in [-0.39, 0.29) is 17.9 Å². The molecule has 1 aliphatic carbocycles. The maximum atomic E-state index is 6.42. The van der Waals surface area contributed by atoms with E-state index in [1.807, 2.05) is 25.2 Å². The smallest absolute Gasteiger partial charge is 0.155 e. The molecular formula is C24H35NO2S. The first kappa shape index (κ1) is 21.5. The van der Waals surface area contributed by atoms with Crippen LogP contribution in [0.5, 0.6) is 0 Å². The minimum absolute atomic E-state index is 0.156. The van der Waals surface area contributed by atoms with Crippen LogP contribution in [0, 0.1) is 5.92 Å². The van der Waals surface area contributed by atoms with Crippen molar-refractivity contribution in [2.24, 2.45) is 5.92 Å². The number of hydrogen-bond acceptors (Lipinski definition) is 4. The quantitative estimate of drug-likeness (QED) is 0.503. The average molecular weight is 402 g/mol. The van der Waals surface area contributed by atoms with E-state index in [2.05, 4.69) is 66.8 Å². The van der Waals surface area contributed by atoms with Gasteiger partial charge in [0.2, 0.25) is 0 Å². The van der Waals surface area contributed by atoms with Crippen molar-refractivity contribution in [3.8, 4) is 0 Å². The van der Waals surface area contributed by atoms with Gasteiger partial charge >= 0.3 is 0 Å². The molecule has 2 atom stereocenters. The number of nitrogens with zero attached hydrogens (tertiary/aromatic N) is 1. The molecule has 2 unspecified atom stereocenters. The van der Waals surface area contributed by atoms with Crippen LogP contribution in [0.2, 0.25) is 0 Å². The van der Waals surface area contributed by atoms with Crippen LogP contribution >= 0.6 is 11.3 Å². The molecule has 1 aliphatic rings. The second-order valence-electron chi connectivity index (χ2n) is 8.13. The lowest BCUT2D eigenvalue weighted by molar-refractivity contribution is -0.174. The molecule has 0 aliphatic heterocycles. The Morgan fingerprint density at radius 3 is 2.39 bits per heavy atom. The van der Waals surface area contributed by atoms with E-state index < -0.39 is 0 Å². The van der Waals surface area contributed by atoms with E-state index in [0.29, 0.717) is 12.5 Å². The van der Waals surface area contributed by atoms with Crippen molar-refractivity contribution in [1.29, 1.82) is 0 Å². The zero-order valence-electron chi connectivity index (χ0n) is 17.8. The largest absolute Gasteiger partial charge is 0.353 e. The monoisotopic (exact) mass is 401 g/mol. The molecule has 3 rings (SSSR count). The standard InChI is InChI=1S/C24H35NO2S/c1-5-26-19(2)27-22(18-20-10-7-6-8-11-20)21-13-15-24(16-14-21,25(3)4)23-12-9-17-28-23/h6-12,17,19,21-22H,5,13-16,18H2,1-4H3. The molecule has 1 aromatic heterocycles. The third-order valence-corrected chi connectivity index (χ3v) is 7.33. The summed E-state index contributed by atoms with van der Waals surface area (Å²) < 4.78 is 12.1. The number of rotatable bonds is 9. The van der Waals surface area contributed by atoms with Crippen LogP contribution in [0.1, 0.15) is 50.0 Å². The van der Waals surface area contributed by atoms with Crippen LogP contribution in [-0.4, -0.2) is 38.0 Å². The Bertz CT molecular complexity index is 678. The Labute approximate surface area is 174 Å². The summed E-state index contributed by atoms with van der Waals surface area (Å²) >= 11 is 1.89. The third kappa shape index (κ3) is 5.04. The van der Waals surface area contributed by atoms with E-state index in [0.717, 1.165) is 6.42 Å². The molecular weight excluding hydrogens is 366 g/mol. The van der Waals surface area contributed by atoms with Crippen LogP contribution in [0.15, 0.2) is 47.8 Å². The van der Waals surface area contributed by atoms with Gasteiger partial charge in [-0.05, 0) is 83.0 Å². The van der Waals surface area contributed by atoms with E-state index in [1.54, 1.807) is 0 Å². The Morgan fingerprint density at radius 1 is 1.11 bits per heavy atom. The van der Waals surface area contributed by atoms with Gasteiger partial charge in [-0.25, -0.2) is 0 Å². The van der Waals surface area contributed by atoms with Gasteiger partial charge in [0.25, 0.3) is 0 Å². The number of thiophene rings is 1. The fourth-order valence-electron chi connectivity index (χ4n) is 4.64. The topological polar surface area (TPSA) is 21.7 Å². The Balaban J connectivity index is 1.72. The summed E-state index contributed by atoms with van der Waals surface area (Å²) in [6, 6.07) is 15.2. The van der Waals surface area contributed by atoms with Gasteiger partial charge in [0.15, 0.2) is 6.29 Å². The molecule has 0 spiro atoms. The minimum Gasteiger partial charge on any atom is -0.353 e. The third-order valence-electron chi connectivity index (χ3n) is 6.27. The summed E-state index contributed by atoms with van der Waals surface area (Å²) in [5, 5.41) is 2.21. The van der Waals surface area contributed by atoms with E-state index in [1.165, 1.54) is 36.1 Å². The molecule has 1 fully saturated rings.